The van der Waals surface area contributed by atoms with E-state index in [4.69, 9.17) is 19.0 Å². The summed E-state index contributed by atoms with van der Waals surface area (Å²) >= 11 is 0. The molecule has 1 aliphatic heterocycles. The molecule has 42 heavy (non-hydrogen) atoms. The second-order valence-electron chi connectivity index (χ2n) is 10.2. The van der Waals surface area contributed by atoms with E-state index in [1.165, 1.54) is 33.3 Å². The molecule has 10 heteroatoms. The third-order valence-corrected chi connectivity index (χ3v) is 7.81. The summed E-state index contributed by atoms with van der Waals surface area (Å²) < 4.78 is 17.3. The second kappa shape index (κ2) is 11.6. The summed E-state index contributed by atoms with van der Waals surface area (Å²) in [5.74, 6) is 4.36. The molecule has 220 valence electrons. The average molecular weight is 575 g/mol. The van der Waals surface area contributed by atoms with Crippen molar-refractivity contribution in [3.05, 3.63) is 68.6 Å². The van der Waals surface area contributed by atoms with Crippen molar-refractivity contribution < 1.29 is 38.5 Å². The van der Waals surface area contributed by atoms with E-state index in [0.29, 0.717) is 0 Å². The van der Waals surface area contributed by atoms with Gasteiger partial charge in [-0.3, -0.25) is 24.7 Å². The smallest absolute Gasteiger partial charge is 0.259 e. The van der Waals surface area contributed by atoms with Crippen molar-refractivity contribution in [1.29, 1.82) is 0 Å². The highest BCUT2D eigenvalue weighted by atomic mass is 16.6. The van der Waals surface area contributed by atoms with Crippen LogP contribution in [0.5, 0.6) is 23.0 Å². The van der Waals surface area contributed by atoms with Gasteiger partial charge in [0.15, 0.2) is 17.3 Å². The summed E-state index contributed by atoms with van der Waals surface area (Å²) in [6.07, 6.45) is 1.19. The summed E-state index contributed by atoms with van der Waals surface area (Å²) in [6.45, 7) is 11.1. The number of benzene rings is 2. The molecule has 1 aliphatic carbocycles. The molecule has 0 fully saturated rings. The molecule has 1 atom stereocenters. The number of aromatic hydroxyl groups is 1. The number of Topliss-reactive ketones (excluding diaryl/α,β-unsaturated/α-hetero) is 1. The molecule has 1 amide bonds. The molecule has 10 nitrogen and oxygen atoms in total. The van der Waals surface area contributed by atoms with Crippen molar-refractivity contribution in [2.45, 2.75) is 53.5 Å². The number of ether oxygens (including phenoxy) is 3. The SMILES string of the molecule is CC#CCOc1cc(C)c(CNC(=O)c2c(OC)cc(O)c3c2OC2=CC(=O)/C(=C(/C)NOC)C(=O)[C@]23C)c(C)c1C. The average Bonchev–Trinajstić information content (AvgIpc) is 3.24. The number of phenols is 1. The number of hydrogen-bond donors (Lipinski definition) is 3. The third-order valence-electron chi connectivity index (χ3n) is 7.81. The fourth-order valence-electron chi connectivity index (χ4n) is 5.39. The minimum Gasteiger partial charge on any atom is -0.507 e. The van der Waals surface area contributed by atoms with Crippen LogP contribution in [-0.4, -0.2) is 43.4 Å². The number of hydrogen-bond acceptors (Lipinski definition) is 9. The summed E-state index contributed by atoms with van der Waals surface area (Å²) in [5, 5.41) is 14.0. The lowest BCUT2D eigenvalue weighted by atomic mass is 9.70. The minimum atomic E-state index is -1.57. The van der Waals surface area contributed by atoms with Crippen LogP contribution in [-0.2, 0) is 26.4 Å². The van der Waals surface area contributed by atoms with Gasteiger partial charge in [-0.25, -0.2) is 0 Å². The number of amides is 1. The largest absolute Gasteiger partial charge is 0.507 e. The Kier molecular flexibility index (Phi) is 8.36. The molecule has 0 unspecified atom stereocenters. The summed E-state index contributed by atoms with van der Waals surface area (Å²) in [4.78, 5) is 45.3. The van der Waals surface area contributed by atoms with Crippen LogP contribution in [0.3, 0.4) is 0 Å². The molecule has 0 saturated heterocycles. The van der Waals surface area contributed by atoms with E-state index >= 15 is 0 Å². The van der Waals surface area contributed by atoms with Gasteiger partial charge in [-0.1, -0.05) is 5.92 Å². The molecule has 2 aromatic carbocycles. The quantitative estimate of drug-likeness (QED) is 0.187. The molecular formula is C32H34N2O8. The number of methoxy groups -OCH3 is 1. The maximum absolute atomic E-state index is 13.8. The van der Waals surface area contributed by atoms with E-state index in [-0.39, 0.29) is 58.6 Å². The molecule has 0 radical (unpaired) electrons. The van der Waals surface area contributed by atoms with Crippen LogP contribution < -0.4 is 25.0 Å². The van der Waals surface area contributed by atoms with Gasteiger partial charge in [-0.05, 0) is 69.9 Å². The summed E-state index contributed by atoms with van der Waals surface area (Å²) in [7, 11) is 2.71. The van der Waals surface area contributed by atoms with Crippen molar-refractivity contribution in [3.8, 4) is 34.8 Å². The van der Waals surface area contributed by atoms with Crippen LogP contribution in [0.15, 0.2) is 35.2 Å². The Morgan fingerprint density at radius 1 is 1.12 bits per heavy atom. The molecule has 0 saturated carbocycles. The number of nitrogens with one attached hydrogen (secondary N) is 2. The lowest BCUT2D eigenvalue weighted by Gasteiger charge is -2.28. The lowest BCUT2D eigenvalue weighted by molar-refractivity contribution is -0.123. The Morgan fingerprint density at radius 2 is 1.83 bits per heavy atom. The topological polar surface area (TPSA) is 132 Å². The summed E-state index contributed by atoms with van der Waals surface area (Å²) in [6, 6.07) is 3.18. The van der Waals surface area contributed by atoms with Crippen LogP contribution in [0, 0.1) is 32.6 Å². The first-order valence-electron chi connectivity index (χ1n) is 13.3. The van der Waals surface area contributed by atoms with Crippen LogP contribution in [0.4, 0.5) is 0 Å². The number of hydroxylamine groups is 1. The first-order chi connectivity index (χ1) is 19.9. The number of allylic oxidation sites excluding steroid dienone is 4. The number of carbonyl (C=O) groups excluding carboxylic acids is 3. The Balaban J connectivity index is 1.74. The van der Waals surface area contributed by atoms with Crippen molar-refractivity contribution in [2.75, 3.05) is 20.8 Å². The monoisotopic (exact) mass is 574 g/mol. The fourth-order valence-corrected chi connectivity index (χ4v) is 5.39. The van der Waals surface area contributed by atoms with Gasteiger partial charge in [0.05, 0.1) is 25.4 Å². The van der Waals surface area contributed by atoms with Gasteiger partial charge in [0.1, 0.15) is 40.6 Å². The van der Waals surface area contributed by atoms with Gasteiger partial charge >= 0.3 is 0 Å². The standard InChI is InChI=1S/C32H34N2O8/c1-9-10-11-41-23-12-16(2)20(17(3)18(23)4)15-33-31(38)27-24(39-7)13-22(36)28-29(27)42-25-14-21(35)26(19(5)34-40-8)30(37)32(25,28)6/h12-14,34,36H,11,15H2,1-8H3,(H,33,38)/b26-19+/t32-/m1/s1. The molecule has 3 N–H and O–H groups in total. The van der Waals surface area contributed by atoms with Gasteiger partial charge < -0.3 is 24.6 Å². The molecule has 4 rings (SSSR count). The molecule has 2 aromatic rings. The van der Waals surface area contributed by atoms with E-state index in [9.17, 15) is 19.5 Å². The number of phenolic OH excluding ortho intramolecular Hbond substituents is 1. The maximum Gasteiger partial charge on any atom is 0.259 e. The predicted octanol–water partition coefficient (Wildman–Crippen LogP) is 3.77. The second-order valence-corrected chi connectivity index (χ2v) is 10.2. The molecule has 2 aliphatic rings. The summed E-state index contributed by atoms with van der Waals surface area (Å²) in [5.41, 5.74) is 4.81. The van der Waals surface area contributed by atoms with Gasteiger partial charge in [0.25, 0.3) is 5.91 Å². The Labute approximate surface area is 244 Å². The number of fused-ring (bicyclic) bond motifs is 3. The first kappa shape index (κ1) is 30.2. The van der Waals surface area contributed by atoms with Crippen LogP contribution >= 0.6 is 0 Å². The Hall–Kier alpha value is -4.75. The number of ketones is 2. The molecule has 1 heterocycles. The minimum absolute atomic E-state index is 0.00438. The van der Waals surface area contributed by atoms with Gasteiger partial charge in [-0.2, -0.15) is 0 Å². The molecular weight excluding hydrogens is 540 g/mol. The van der Waals surface area contributed by atoms with Crippen molar-refractivity contribution in [2.24, 2.45) is 0 Å². The van der Waals surface area contributed by atoms with E-state index in [1.54, 1.807) is 13.8 Å². The Bertz CT molecular complexity index is 1640. The highest BCUT2D eigenvalue weighted by Crippen LogP contribution is 2.56. The number of aryl methyl sites for hydroxylation is 1. The normalized spacial score (nSPS) is 18.1. The maximum atomic E-state index is 13.8. The van der Waals surface area contributed by atoms with Crippen molar-refractivity contribution in [1.82, 2.24) is 10.8 Å². The van der Waals surface area contributed by atoms with Gasteiger partial charge in [0, 0.05) is 24.4 Å². The zero-order valence-corrected chi connectivity index (χ0v) is 25.0. The zero-order valence-electron chi connectivity index (χ0n) is 25.0. The van der Waals surface area contributed by atoms with Gasteiger partial charge in [-0.15, -0.1) is 5.92 Å². The number of carbonyl (C=O) groups is 3. The fraction of sp³-hybridized carbons (Fsp3) is 0.344. The van der Waals surface area contributed by atoms with E-state index in [0.717, 1.165) is 28.0 Å². The highest BCUT2D eigenvalue weighted by Gasteiger charge is 2.56. The van der Waals surface area contributed by atoms with Crippen molar-refractivity contribution in [3.63, 3.8) is 0 Å². The third kappa shape index (κ3) is 4.86. The molecule has 0 bridgehead atoms. The zero-order chi connectivity index (χ0) is 30.9. The van der Waals surface area contributed by atoms with Crippen molar-refractivity contribution >= 4 is 17.5 Å². The van der Waals surface area contributed by atoms with Crippen LogP contribution in [0.2, 0.25) is 0 Å². The van der Waals surface area contributed by atoms with Crippen LogP contribution in [0.25, 0.3) is 0 Å². The van der Waals surface area contributed by atoms with E-state index < -0.39 is 22.9 Å². The molecule has 0 spiro atoms. The first-order valence-corrected chi connectivity index (χ1v) is 13.3. The lowest BCUT2D eigenvalue weighted by Crippen LogP contribution is -2.41. The highest BCUT2D eigenvalue weighted by molar-refractivity contribution is 6.31. The van der Waals surface area contributed by atoms with Crippen LogP contribution in [0.1, 0.15) is 58.9 Å². The van der Waals surface area contributed by atoms with E-state index in [1.807, 2.05) is 26.8 Å². The Morgan fingerprint density at radius 3 is 2.48 bits per heavy atom. The number of rotatable bonds is 8. The van der Waals surface area contributed by atoms with Gasteiger partial charge in [0.2, 0.25) is 0 Å². The molecule has 0 aromatic heterocycles. The predicted molar refractivity (Wildman–Crippen MR) is 154 cm³/mol. The van der Waals surface area contributed by atoms with E-state index in [2.05, 4.69) is 22.6 Å².